The van der Waals surface area contributed by atoms with E-state index < -0.39 is 11.7 Å². The van der Waals surface area contributed by atoms with Gasteiger partial charge in [-0.25, -0.2) is 0 Å². The third kappa shape index (κ3) is 2.22. The first kappa shape index (κ1) is 9.59. The predicted octanol–water partition coefficient (Wildman–Crippen LogP) is 2.88. The summed E-state index contributed by atoms with van der Waals surface area (Å²) < 4.78 is 36.8. The molecule has 0 unspecified atom stereocenters. The van der Waals surface area contributed by atoms with Gasteiger partial charge in [0, 0.05) is 12.0 Å². The van der Waals surface area contributed by atoms with Crippen molar-refractivity contribution in [2.75, 3.05) is 0 Å². The fraction of sp³-hybridized carbons (Fsp3) is 0.222. The highest BCUT2D eigenvalue weighted by molar-refractivity contribution is 5.42. The van der Waals surface area contributed by atoms with Crippen LogP contribution in [-0.2, 0) is 0 Å². The summed E-state index contributed by atoms with van der Waals surface area (Å²) in [5, 5.41) is 8.47. The van der Waals surface area contributed by atoms with Crippen LogP contribution in [0.1, 0.15) is 6.42 Å². The highest BCUT2D eigenvalue weighted by Gasteiger charge is 2.34. The van der Waals surface area contributed by atoms with Crippen LogP contribution >= 0.6 is 0 Å². The van der Waals surface area contributed by atoms with Gasteiger partial charge in [0.15, 0.2) is 0 Å². The van der Waals surface area contributed by atoms with Crippen LogP contribution in [-0.4, -0.2) is 6.18 Å². The van der Waals surface area contributed by atoms with Crippen LogP contribution in [0.15, 0.2) is 35.5 Å². The van der Waals surface area contributed by atoms with Crippen molar-refractivity contribution in [2.24, 2.45) is 0 Å². The van der Waals surface area contributed by atoms with E-state index in [0.717, 1.165) is 6.08 Å². The Hall–Kier alpha value is -1.50. The molecule has 1 aliphatic rings. The van der Waals surface area contributed by atoms with Crippen molar-refractivity contribution in [2.45, 2.75) is 12.6 Å². The highest BCUT2D eigenvalue weighted by Crippen LogP contribution is 2.31. The largest absolute Gasteiger partial charge is 0.417 e. The molecule has 1 aliphatic carbocycles. The van der Waals surface area contributed by atoms with Crippen LogP contribution in [0.4, 0.5) is 13.2 Å². The van der Waals surface area contributed by atoms with Crippen LogP contribution in [0.2, 0.25) is 0 Å². The minimum Gasteiger partial charge on any atom is -0.193 e. The van der Waals surface area contributed by atoms with Crippen molar-refractivity contribution >= 4 is 0 Å². The van der Waals surface area contributed by atoms with Gasteiger partial charge in [-0.3, -0.25) is 0 Å². The molecule has 0 aliphatic heterocycles. The maximum atomic E-state index is 12.3. The number of nitriles is 1. The number of allylic oxidation sites excluding steroid dienone is 6. The first-order valence-electron chi connectivity index (χ1n) is 3.59. The van der Waals surface area contributed by atoms with Gasteiger partial charge in [0.05, 0.1) is 11.6 Å². The van der Waals surface area contributed by atoms with E-state index in [1.807, 2.05) is 0 Å². The average Bonchev–Trinajstić information content (AvgIpc) is 2.26. The number of nitrogens with zero attached hydrogens (tertiary/aromatic N) is 1. The molecule has 0 amide bonds. The second-order valence-corrected chi connectivity index (χ2v) is 2.49. The lowest BCUT2D eigenvalue weighted by atomic mass is 10.1. The van der Waals surface area contributed by atoms with Gasteiger partial charge >= 0.3 is 6.18 Å². The van der Waals surface area contributed by atoms with Gasteiger partial charge in [-0.15, -0.1) is 0 Å². The molecule has 0 fully saturated rings. The monoisotopic (exact) mass is 185 g/mol. The Morgan fingerprint density at radius 1 is 1.31 bits per heavy atom. The Balaban J connectivity index is 3.16. The zero-order chi connectivity index (χ0) is 9.90. The second-order valence-electron chi connectivity index (χ2n) is 2.49. The molecule has 0 spiro atoms. The van der Waals surface area contributed by atoms with E-state index in [9.17, 15) is 13.2 Å². The molecule has 0 bridgehead atoms. The minimum absolute atomic E-state index is 0.0400. The lowest BCUT2D eigenvalue weighted by Gasteiger charge is -2.08. The van der Waals surface area contributed by atoms with Crippen molar-refractivity contribution in [1.29, 1.82) is 5.26 Å². The molecule has 4 heteroatoms. The first-order chi connectivity index (χ1) is 6.05. The summed E-state index contributed by atoms with van der Waals surface area (Å²) in [4.78, 5) is 0. The van der Waals surface area contributed by atoms with E-state index in [-0.39, 0.29) is 12.0 Å². The normalized spacial score (nSPS) is 17.1. The molecule has 68 valence electrons. The summed E-state index contributed by atoms with van der Waals surface area (Å²) in [7, 11) is 0. The molecule has 0 saturated heterocycles. The van der Waals surface area contributed by atoms with E-state index in [2.05, 4.69) is 0 Å². The number of hydrogen-bond donors (Lipinski definition) is 0. The molecule has 1 nitrogen and oxygen atoms in total. The number of rotatable bonds is 0. The second kappa shape index (κ2) is 3.48. The van der Waals surface area contributed by atoms with Crippen molar-refractivity contribution in [3.63, 3.8) is 0 Å². The average molecular weight is 185 g/mol. The van der Waals surface area contributed by atoms with Crippen molar-refractivity contribution in [3.8, 4) is 6.07 Å². The zero-order valence-electron chi connectivity index (χ0n) is 6.60. The fourth-order valence-corrected chi connectivity index (χ4v) is 0.998. The van der Waals surface area contributed by atoms with E-state index in [1.54, 1.807) is 6.07 Å². The van der Waals surface area contributed by atoms with Crippen LogP contribution in [0.25, 0.3) is 0 Å². The van der Waals surface area contributed by atoms with Crippen molar-refractivity contribution in [3.05, 3.63) is 35.5 Å². The molecular formula is C9H6F3N. The van der Waals surface area contributed by atoms with Gasteiger partial charge in [-0.2, -0.15) is 18.4 Å². The van der Waals surface area contributed by atoms with Crippen LogP contribution in [0.5, 0.6) is 0 Å². The van der Waals surface area contributed by atoms with Crippen LogP contribution in [0.3, 0.4) is 0 Å². The summed E-state index contributed by atoms with van der Waals surface area (Å²) in [5.41, 5.74) is -1.09. The Labute approximate surface area is 73.5 Å². The number of hydrogen-bond acceptors (Lipinski definition) is 1. The van der Waals surface area contributed by atoms with Gasteiger partial charge in [0.25, 0.3) is 0 Å². The molecule has 13 heavy (non-hydrogen) atoms. The number of halogens is 3. The summed E-state index contributed by atoms with van der Waals surface area (Å²) in [6, 6.07) is 1.56. The maximum Gasteiger partial charge on any atom is 0.417 e. The predicted molar refractivity (Wildman–Crippen MR) is 41.6 cm³/mol. The standard InChI is InChI=1S/C9H6F3N/c10-9(11,12)8-5-3-1-2-4-7(8)6-13/h1-3,5H,4H2. The molecule has 0 saturated carbocycles. The third-order valence-electron chi connectivity index (χ3n) is 1.60. The molecule has 1 rings (SSSR count). The van der Waals surface area contributed by atoms with Gasteiger partial charge in [0.2, 0.25) is 0 Å². The Bertz CT molecular complexity index is 326. The van der Waals surface area contributed by atoms with Gasteiger partial charge < -0.3 is 0 Å². The molecule has 0 atom stereocenters. The van der Waals surface area contributed by atoms with Gasteiger partial charge in [-0.1, -0.05) is 18.2 Å². The topological polar surface area (TPSA) is 23.8 Å². The van der Waals surface area contributed by atoms with E-state index in [4.69, 9.17) is 5.26 Å². The smallest absolute Gasteiger partial charge is 0.193 e. The van der Waals surface area contributed by atoms with Crippen LogP contribution < -0.4 is 0 Å². The summed E-state index contributed by atoms with van der Waals surface area (Å²) in [5.74, 6) is 0. The van der Waals surface area contributed by atoms with E-state index in [1.165, 1.54) is 18.2 Å². The summed E-state index contributed by atoms with van der Waals surface area (Å²) in [6.45, 7) is 0. The molecule has 0 aromatic carbocycles. The minimum atomic E-state index is -4.44. The maximum absolute atomic E-state index is 12.3. The van der Waals surface area contributed by atoms with Gasteiger partial charge in [-0.05, 0) is 6.08 Å². The SMILES string of the molecule is N#CC1=C(C(F)(F)F)C=CC=CC1. The molecular weight excluding hydrogens is 179 g/mol. The fourth-order valence-electron chi connectivity index (χ4n) is 0.998. The molecule has 0 N–H and O–H groups in total. The lowest BCUT2D eigenvalue weighted by Crippen LogP contribution is -2.12. The quantitative estimate of drug-likeness (QED) is 0.569. The highest BCUT2D eigenvalue weighted by atomic mass is 19.4. The molecule has 0 heterocycles. The lowest BCUT2D eigenvalue weighted by molar-refractivity contribution is -0.0887. The Kier molecular flexibility index (Phi) is 2.57. The molecule has 0 aromatic rings. The first-order valence-corrected chi connectivity index (χ1v) is 3.59. The van der Waals surface area contributed by atoms with Crippen LogP contribution in [0, 0.1) is 11.3 Å². The van der Waals surface area contributed by atoms with Crippen molar-refractivity contribution in [1.82, 2.24) is 0 Å². The summed E-state index contributed by atoms with van der Waals surface area (Å²) in [6.07, 6.45) is 0.824. The molecule has 0 radical (unpaired) electrons. The number of alkyl halides is 3. The Morgan fingerprint density at radius 3 is 2.54 bits per heavy atom. The third-order valence-corrected chi connectivity index (χ3v) is 1.60. The summed E-state index contributed by atoms with van der Waals surface area (Å²) >= 11 is 0. The Morgan fingerprint density at radius 2 is 2.00 bits per heavy atom. The van der Waals surface area contributed by atoms with E-state index >= 15 is 0 Å². The van der Waals surface area contributed by atoms with Gasteiger partial charge in [0.1, 0.15) is 0 Å². The zero-order valence-corrected chi connectivity index (χ0v) is 6.60. The molecule has 0 aromatic heterocycles. The van der Waals surface area contributed by atoms with Crippen molar-refractivity contribution < 1.29 is 13.2 Å². The van der Waals surface area contributed by atoms with E-state index in [0.29, 0.717) is 0 Å².